The molecular weight excluding hydrogens is 330 g/mol. The van der Waals surface area contributed by atoms with Crippen LogP contribution in [0.5, 0.6) is 5.88 Å². The fourth-order valence-corrected chi connectivity index (χ4v) is 2.77. The van der Waals surface area contributed by atoms with Gasteiger partial charge in [-0.1, -0.05) is 29.8 Å². The summed E-state index contributed by atoms with van der Waals surface area (Å²) < 4.78 is 11.0. The second-order valence-corrected chi connectivity index (χ2v) is 6.15. The van der Waals surface area contributed by atoms with Gasteiger partial charge in [-0.05, 0) is 12.5 Å². The Balaban J connectivity index is 1.76. The van der Waals surface area contributed by atoms with Crippen LogP contribution in [0, 0.1) is 6.92 Å². The van der Waals surface area contributed by atoms with Crippen molar-refractivity contribution in [2.24, 2.45) is 16.0 Å². The van der Waals surface area contributed by atoms with Crippen LogP contribution in [0.4, 0.5) is 11.5 Å². The van der Waals surface area contributed by atoms with Gasteiger partial charge in [-0.15, -0.1) is 5.11 Å². The van der Waals surface area contributed by atoms with E-state index in [4.69, 9.17) is 15.2 Å². The number of ether oxygens (including phenoxy) is 2. The van der Waals surface area contributed by atoms with Crippen LogP contribution in [0.1, 0.15) is 11.1 Å². The number of aromatic nitrogens is 1. The molecule has 2 aromatic rings. The van der Waals surface area contributed by atoms with Crippen LogP contribution < -0.4 is 15.4 Å². The van der Waals surface area contributed by atoms with E-state index in [1.54, 1.807) is 0 Å². The summed E-state index contributed by atoms with van der Waals surface area (Å²) in [7, 11) is 0. The predicted octanol–water partition coefficient (Wildman–Crippen LogP) is 2.85. The predicted molar refractivity (Wildman–Crippen MR) is 101 cm³/mol. The summed E-state index contributed by atoms with van der Waals surface area (Å²) >= 11 is 0. The quantitative estimate of drug-likeness (QED) is 0.772. The lowest BCUT2D eigenvalue weighted by molar-refractivity contribution is 0.122. The number of nitrogens with two attached hydrogens (primary N) is 1. The van der Waals surface area contributed by atoms with Crippen molar-refractivity contribution in [2.75, 3.05) is 44.4 Å². The van der Waals surface area contributed by atoms with Gasteiger partial charge in [0.1, 0.15) is 6.61 Å². The molecule has 2 heterocycles. The van der Waals surface area contributed by atoms with Gasteiger partial charge in [0.15, 0.2) is 5.82 Å². The van der Waals surface area contributed by atoms with E-state index < -0.39 is 0 Å². The van der Waals surface area contributed by atoms with Crippen molar-refractivity contribution in [1.82, 2.24) is 4.98 Å². The van der Waals surface area contributed by atoms with E-state index in [0.29, 0.717) is 44.6 Å². The molecule has 0 amide bonds. The molecule has 0 atom stereocenters. The average molecular weight is 355 g/mol. The molecule has 1 aliphatic heterocycles. The molecule has 1 fully saturated rings. The summed E-state index contributed by atoms with van der Waals surface area (Å²) in [5, 5.41) is 8.60. The molecule has 0 saturated carbocycles. The molecule has 138 valence electrons. The van der Waals surface area contributed by atoms with Gasteiger partial charge in [-0.3, -0.25) is 0 Å². The molecule has 0 radical (unpaired) electrons. The molecule has 0 unspecified atom stereocenters. The molecule has 1 aromatic heterocycles. The number of pyridine rings is 1. The Morgan fingerprint density at radius 2 is 2.08 bits per heavy atom. The zero-order valence-electron chi connectivity index (χ0n) is 15.1. The van der Waals surface area contributed by atoms with E-state index >= 15 is 0 Å². The van der Waals surface area contributed by atoms with Gasteiger partial charge >= 0.3 is 0 Å². The number of anilines is 1. The molecule has 7 nitrogen and oxygen atoms in total. The Morgan fingerprint density at radius 3 is 2.85 bits per heavy atom. The Hall–Kier alpha value is -2.51. The third-order valence-electron chi connectivity index (χ3n) is 4.03. The van der Waals surface area contributed by atoms with Gasteiger partial charge in [0.05, 0.1) is 19.8 Å². The third-order valence-corrected chi connectivity index (χ3v) is 4.03. The second kappa shape index (κ2) is 9.26. The van der Waals surface area contributed by atoms with Crippen molar-refractivity contribution in [3.63, 3.8) is 0 Å². The third kappa shape index (κ3) is 5.24. The minimum atomic E-state index is 0.416. The summed E-state index contributed by atoms with van der Waals surface area (Å²) in [6.45, 7) is 6.53. The minimum Gasteiger partial charge on any atom is -0.476 e. The van der Waals surface area contributed by atoms with Crippen molar-refractivity contribution < 1.29 is 9.47 Å². The van der Waals surface area contributed by atoms with Crippen molar-refractivity contribution in [3.05, 3.63) is 47.5 Å². The van der Waals surface area contributed by atoms with E-state index in [1.165, 1.54) is 5.56 Å². The lowest BCUT2D eigenvalue weighted by atomic mass is 10.1. The van der Waals surface area contributed by atoms with Crippen molar-refractivity contribution in [2.45, 2.75) is 13.5 Å². The standard InChI is InChI=1S/C19H25N5O2/c1-15-3-2-4-16(11-15)14-21-23-18-12-17(24-6-9-25-10-7-24)13-19(22-18)26-8-5-20/h2-4,11-13H,5-10,14,20H2,1H3. The zero-order valence-corrected chi connectivity index (χ0v) is 15.1. The van der Waals surface area contributed by atoms with Gasteiger partial charge in [0, 0.05) is 37.5 Å². The highest BCUT2D eigenvalue weighted by molar-refractivity contribution is 5.55. The zero-order chi connectivity index (χ0) is 18.2. The number of nitrogens with zero attached hydrogens (tertiary/aromatic N) is 4. The van der Waals surface area contributed by atoms with Crippen molar-refractivity contribution in [1.29, 1.82) is 0 Å². The maximum Gasteiger partial charge on any atom is 0.217 e. The first-order chi connectivity index (χ1) is 12.7. The van der Waals surface area contributed by atoms with Gasteiger partial charge < -0.3 is 20.1 Å². The summed E-state index contributed by atoms with van der Waals surface area (Å²) in [5.74, 6) is 1.05. The van der Waals surface area contributed by atoms with Gasteiger partial charge in [-0.25, -0.2) is 0 Å². The topological polar surface area (TPSA) is 85.3 Å². The molecule has 26 heavy (non-hydrogen) atoms. The molecule has 0 spiro atoms. The number of benzene rings is 1. The summed E-state index contributed by atoms with van der Waals surface area (Å²) in [4.78, 5) is 6.65. The van der Waals surface area contributed by atoms with Gasteiger partial charge in [0.25, 0.3) is 0 Å². The van der Waals surface area contributed by atoms with Crippen LogP contribution in [0.15, 0.2) is 46.6 Å². The maximum atomic E-state index is 5.61. The summed E-state index contributed by atoms with van der Waals surface area (Å²) in [5.41, 5.74) is 8.88. The first kappa shape index (κ1) is 18.3. The highest BCUT2D eigenvalue weighted by Crippen LogP contribution is 2.26. The largest absolute Gasteiger partial charge is 0.476 e. The first-order valence-electron chi connectivity index (χ1n) is 8.85. The highest BCUT2D eigenvalue weighted by atomic mass is 16.5. The van der Waals surface area contributed by atoms with E-state index in [2.05, 4.69) is 39.2 Å². The maximum absolute atomic E-state index is 5.61. The summed E-state index contributed by atoms with van der Waals surface area (Å²) in [6.07, 6.45) is 0. The average Bonchev–Trinajstić information content (AvgIpc) is 2.67. The molecule has 7 heteroatoms. The minimum absolute atomic E-state index is 0.416. The molecule has 1 aliphatic rings. The van der Waals surface area contributed by atoms with E-state index in [-0.39, 0.29) is 0 Å². The molecule has 3 rings (SSSR count). The second-order valence-electron chi connectivity index (χ2n) is 6.15. The fourth-order valence-electron chi connectivity index (χ4n) is 2.77. The van der Waals surface area contributed by atoms with E-state index in [0.717, 1.165) is 24.3 Å². The molecular formula is C19H25N5O2. The Labute approximate surface area is 153 Å². The number of hydrogen-bond donors (Lipinski definition) is 1. The molecule has 0 bridgehead atoms. The highest BCUT2D eigenvalue weighted by Gasteiger charge is 2.14. The van der Waals surface area contributed by atoms with Crippen LogP contribution in [-0.4, -0.2) is 44.4 Å². The number of azo groups is 1. The van der Waals surface area contributed by atoms with Gasteiger partial charge in [-0.2, -0.15) is 10.1 Å². The number of hydrogen-bond acceptors (Lipinski definition) is 7. The van der Waals surface area contributed by atoms with E-state index in [9.17, 15) is 0 Å². The normalized spacial score (nSPS) is 14.8. The van der Waals surface area contributed by atoms with Crippen LogP contribution in [0.2, 0.25) is 0 Å². The SMILES string of the molecule is Cc1cccc(CN=Nc2cc(N3CCOCC3)cc(OCCN)n2)c1. The molecule has 2 N–H and O–H groups in total. The molecule has 1 aromatic carbocycles. The van der Waals surface area contributed by atoms with Crippen molar-refractivity contribution >= 4 is 11.5 Å². The van der Waals surface area contributed by atoms with Crippen molar-refractivity contribution in [3.8, 4) is 5.88 Å². The smallest absolute Gasteiger partial charge is 0.217 e. The Bertz CT molecular complexity index is 744. The Morgan fingerprint density at radius 1 is 1.23 bits per heavy atom. The molecule has 0 aliphatic carbocycles. The first-order valence-corrected chi connectivity index (χ1v) is 8.85. The molecule has 1 saturated heterocycles. The number of aryl methyl sites for hydroxylation is 1. The number of morpholine rings is 1. The Kier molecular flexibility index (Phi) is 6.51. The number of rotatable bonds is 7. The van der Waals surface area contributed by atoms with Crippen LogP contribution in [-0.2, 0) is 11.3 Å². The van der Waals surface area contributed by atoms with Crippen LogP contribution in [0.25, 0.3) is 0 Å². The van der Waals surface area contributed by atoms with Gasteiger partial charge in [0.2, 0.25) is 5.88 Å². The summed E-state index contributed by atoms with van der Waals surface area (Å²) in [6, 6.07) is 12.1. The lowest BCUT2D eigenvalue weighted by Gasteiger charge is -2.29. The van der Waals surface area contributed by atoms with E-state index in [1.807, 2.05) is 24.3 Å². The monoisotopic (exact) mass is 355 g/mol. The fraction of sp³-hybridized carbons (Fsp3) is 0.421. The van der Waals surface area contributed by atoms with Crippen LogP contribution >= 0.6 is 0 Å². The lowest BCUT2D eigenvalue weighted by Crippen LogP contribution is -2.36. The van der Waals surface area contributed by atoms with Crippen LogP contribution in [0.3, 0.4) is 0 Å².